The quantitative estimate of drug-likeness (QED) is 0.678. The Morgan fingerprint density at radius 2 is 2.09 bits per heavy atom. The maximum absolute atomic E-state index is 11.7. The summed E-state index contributed by atoms with van der Waals surface area (Å²) in [5, 5.41) is 4.49. The molecule has 5 heteroatoms. The van der Waals surface area contributed by atoms with Crippen molar-refractivity contribution in [3.8, 4) is 5.75 Å². The molecule has 2 rings (SSSR count). The number of carbonyl (C=O) groups is 1. The highest BCUT2D eigenvalue weighted by molar-refractivity contribution is 6.30. The normalized spacial score (nSPS) is 10.7. The van der Waals surface area contributed by atoms with E-state index in [1.165, 1.54) is 6.21 Å². The van der Waals surface area contributed by atoms with Crippen LogP contribution in [0.5, 0.6) is 5.75 Å². The number of rotatable bonds is 5. The second-order valence-corrected chi connectivity index (χ2v) is 5.34. The first-order chi connectivity index (χ1) is 10.5. The minimum atomic E-state index is -0.321. The molecule has 0 fully saturated rings. The van der Waals surface area contributed by atoms with E-state index in [2.05, 4.69) is 10.5 Å². The van der Waals surface area contributed by atoms with E-state index in [4.69, 9.17) is 16.3 Å². The van der Waals surface area contributed by atoms with E-state index in [0.717, 1.165) is 16.7 Å². The van der Waals surface area contributed by atoms with Crippen LogP contribution >= 0.6 is 11.6 Å². The van der Waals surface area contributed by atoms with Crippen molar-refractivity contribution in [3.05, 3.63) is 64.2 Å². The Kier molecular flexibility index (Phi) is 5.55. The largest absolute Gasteiger partial charge is 0.483 e. The van der Waals surface area contributed by atoms with Gasteiger partial charge in [0, 0.05) is 5.02 Å². The summed E-state index contributed by atoms with van der Waals surface area (Å²) in [6, 6.07) is 13.0. The van der Waals surface area contributed by atoms with Crippen molar-refractivity contribution < 1.29 is 9.53 Å². The lowest BCUT2D eigenvalue weighted by Crippen LogP contribution is -2.24. The molecule has 0 saturated carbocycles. The van der Waals surface area contributed by atoms with Crippen LogP contribution in [0.4, 0.5) is 0 Å². The fourth-order valence-corrected chi connectivity index (χ4v) is 2.10. The molecule has 2 aromatic carbocycles. The molecule has 0 unspecified atom stereocenters. The summed E-state index contributed by atoms with van der Waals surface area (Å²) in [5.74, 6) is 0.373. The molecule has 0 bridgehead atoms. The van der Waals surface area contributed by atoms with Gasteiger partial charge in [0.15, 0.2) is 6.61 Å². The smallest absolute Gasteiger partial charge is 0.277 e. The summed E-state index contributed by atoms with van der Waals surface area (Å²) in [4.78, 5) is 11.7. The average Bonchev–Trinajstić information content (AvgIpc) is 2.46. The molecule has 0 radical (unpaired) electrons. The Morgan fingerprint density at radius 3 is 2.82 bits per heavy atom. The van der Waals surface area contributed by atoms with Gasteiger partial charge in [0.2, 0.25) is 0 Å². The number of ether oxygens (including phenoxy) is 1. The molecule has 0 aliphatic carbocycles. The van der Waals surface area contributed by atoms with E-state index in [0.29, 0.717) is 10.8 Å². The van der Waals surface area contributed by atoms with E-state index in [1.807, 2.05) is 44.2 Å². The molecule has 0 aliphatic rings. The summed E-state index contributed by atoms with van der Waals surface area (Å²) in [5.41, 5.74) is 5.37. The summed E-state index contributed by atoms with van der Waals surface area (Å²) < 4.78 is 5.47. The third kappa shape index (κ3) is 4.90. The Morgan fingerprint density at radius 1 is 1.27 bits per heavy atom. The van der Waals surface area contributed by atoms with E-state index in [1.54, 1.807) is 12.1 Å². The van der Waals surface area contributed by atoms with Gasteiger partial charge < -0.3 is 4.74 Å². The summed E-state index contributed by atoms with van der Waals surface area (Å²) in [7, 11) is 0. The third-order valence-corrected chi connectivity index (χ3v) is 3.18. The predicted octanol–water partition coefficient (Wildman–Crippen LogP) is 3.49. The Bertz CT molecular complexity index is 699. The van der Waals surface area contributed by atoms with Gasteiger partial charge in [-0.3, -0.25) is 4.79 Å². The number of hydrogen-bond acceptors (Lipinski definition) is 3. The van der Waals surface area contributed by atoms with Crippen molar-refractivity contribution in [2.24, 2.45) is 5.10 Å². The summed E-state index contributed by atoms with van der Waals surface area (Å²) >= 11 is 5.86. The molecule has 0 atom stereocenters. The number of carbonyl (C=O) groups excluding carboxylic acids is 1. The predicted molar refractivity (Wildman–Crippen MR) is 88.6 cm³/mol. The first-order valence-corrected chi connectivity index (χ1v) is 7.20. The topological polar surface area (TPSA) is 50.7 Å². The molecular weight excluding hydrogens is 300 g/mol. The number of benzene rings is 2. The molecule has 4 nitrogen and oxygen atoms in total. The SMILES string of the molecule is Cc1ccc(OCC(=O)N/N=C\c2cccc(Cl)c2)c(C)c1. The van der Waals surface area contributed by atoms with Crippen molar-refractivity contribution in [1.29, 1.82) is 0 Å². The van der Waals surface area contributed by atoms with Gasteiger partial charge in [-0.2, -0.15) is 5.10 Å². The fraction of sp³-hybridized carbons (Fsp3) is 0.176. The second-order valence-electron chi connectivity index (χ2n) is 4.91. The molecule has 0 saturated heterocycles. The van der Waals surface area contributed by atoms with Crippen LogP contribution in [0.2, 0.25) is 5.02 Å². The maximum atomic E-state index is 11.7. The lowest BCUT2D eigenvalue weighted by Gasteiger charge is -2.08. The van der Waals surface area contributed by atoms with Gasteiger partial charge in [-0.05, 0) is 43.2 Å². The van der Waals surface area contributed by atoms with Crippen molar-refractivity contribution in [2.75, 3.05) is 6.61 Å². The van der Waals surface area contributed by atoms with Gasteiger partial charge in [0.1, 0.15) is 5.75 Å². The van der Waals surface area contributed by atoms with Gasteiger partial charge in [0.05, 0.1) is 6.21 Å². The molecule has 22 heavy (non-hydrogen) atoms. The molecule has 2 aromatic rings. The van der Waals surface area contributed by atoms with E-state index in [-0.39, 0.29) is 12.5 Å². The molecule has 1 amide bonds. The highest BCUT2D eigenvalue weighted by atomic mass is 35.5. The monoisotopic (exact) mass is 316 g/mol. The van der Waals surface area contributed by atoms with Gasteiger partial charge in [-0.1, -0.05) is 41.4 Å². The van der Waals surface area contributed by atoms with Gasteiger partial charge in [-0.15, -0.1) is 0 Å². The van der Waals surface area contributed by atoms with E-state index < -0.39 is 0 Å². The first-order valence-electron chi connectivity index (χ1n) is 6.82. The van der Waals surface area contributed by atoms with Crippen LogP contribution in [0.25, 0.3) is 0 Å². The lowest BCUT2D eigenvalue weighted by atomic mass is 10.1. The highest BCUT2D eigenvalue weighted by Crippen LogP contribution is 2.18. The van der Waals surface area contributed by atoms with E-state index >= 15 is 0 Å². The van der Waals surface area contributed by atoms with Crippen LogP contribution in [0, 0.1) is 13.8 Å². The van der Waals surface area contributed by atoms with Crippen molar-refractivity contribution >= 4 is 23.7 Å². The Balaban J connectivity index is 1.83. The van der Waals surface area contributed by atoms with Gasteiger partial charge in [-0.25, -0.2) is 5.43 Å². The fourth-order valence-electron chi connectivity index (χ4n) is 1.90. The number of amides is 1. The third-order valence-electron chi connectivity index (χ3n) is 2.94. The van der Waals surface area contributed by atoms with Crippen LogP contribution in [0.15, 0.2) is 47.6 Å². The number of hydrogen-bond donors (Lipinski definition) is 1. The minimum absolute atomic E-state index is 0.0865. The molecule has 0 spiro atoms. The van der Waals surface area contributed by atoms with Crippen LogP contribution in [-0.2, 0) is 4.79 Å². The number of nitrogens with one attached hydrogen (secondary N) is 1. The molecule has 0 aliphatic heterocycles. The van der Waals surface area contributed by atoms with Gasteiger partial charge in [0.25, 0.3) is 5.91 Å². The van der Waals surface area contributed by atoms with Crippen LogP contribution in [0.1, 0.15) is 16.7 Å². The Hall–Kier alpha value is -2.33. The number of nitrogens with zero attached hydrogens (tertiary/aromatic N) is 1. The molecular formula is C17H17ClN2O2. The molecule has 114 valence electrons. The van der Waals surface area contributed by atoms with Gasteiger partial charge >= 0.3 is 0 Å². The van der Waals surface area contributed by atoms with Crippen molar-refractivity contribution in [1.82, 2.24) is 5.43 Å². The standard InChI is InChI=1S/C17H17ClN2O2/c1-12-6-7-16(13(2)8-12)22-11-17(21)20-19-10-14-4-3-5-15(18)9-14/h3-10H,11H2,1-2H3,(H,20,21)/b19-10-. The average molecular weight is 317 g/mol. The minimum Gasteiger partial charge on any atom is -0.483 e. The van der Waals surface area contributed by atoms with Crippen molar-refractivity contribution in [2.45, 2.75) is 13.8 Å². The Labute approximate surface area is 134 Å². The second kappa shape index (κ2) is 7.61. The molecule has 0 heterocycles. The lowest BCUT2D eigenvalue weighted by molar-refractivity contribution is -0.123. The van der Waals surface area contributed by atoms with Crippen LogP contribution in [-0.4, -0.2) is 18.7 Å². The highest BCUT2D eigenvalue weighted by Gasteiger charge is 2.04. The number of hydrazone groups is 1. The number of aryl methyl sites for hydroxylation is 2. The van der Waals surface area contributed by atoms with Crippen LogP contribution < -0.4 is 10.2 Å². The zero-order valence-corrected chi connectivity index (χ0v) is 13.2. The zero-order valence-electron chi connectivity index (χ0n) is 12.5. The summed E-state index contributed by atoms with van der Waals surface area (Å²) in [6.07, 6.45) is 1.53. The zero-order chi connectivity index (χ0) is 15.9. The summed E-state index contributed by atoms with van der Waals surface area (Å²) in [6.45, 7) is 3.86. The first kappa shape index (κ1) is 16.0. The van der Waals surface area contributed by atoms with E-state index in [9.17, 15) is 4.79 Å². The molecule has 0 aromatic heterocycles. The van der Waals surface area contributed by atoms with Crippen LogP contribution in [0.3, 0.4) is 0 Å². The maximum Gasteiger partial charge on any atom is 0.277 e. The van der Waals surface area contributed by atoms with Crippen molar-refractivity contribution in [3.63, 3.8) is 0 Å². The molecule has 1 N–H and O–H groups in total. The number of halogens is 1.